The molecule has 74 valence electrons. The number of fused-ring (bicyclic) bond motifs is 3. The van der Waals surface area contributed by atoms with Crippen LogP contribution in [0.5, 0.6) is 0 Å². The van der Waals surface area contributed by atoms with Crippen LogP contribution in [0.4, 0.5) is 0 Å². The maximum atomic E-state index is 3.64. The van der Waals surface area contributed by atoms with Gasteiger partial charge in [-0.2, -0.15) is 0 Å². The topological polar surface area (TPSA) is 0 Å². The van der Waals surface area contributed by atoms with Crippen LogP contribution in [0.25, 0.3) is 20.2 Å². The Balaban J connectivity index is 2.63. The van der Waals surface area contributed by atoms with Crippen molar-refractivity contribution in [1.29, 1.82) is 0 Å². The van der Waals surface area contributed by atoms with E-state index < -0.39 is 0 Å². The number of hydrogen-bond donors (Lipinski definition) is 0. The Kier molecular flexibility index (Phi) is 2.34. The van der Waals surface area contributed by atoms with Crippen LogP contribution in [-0.4, -0.2) is 0 Å². The molecule has 3 rings (SSSR count). The molecule has 0 bridgehead atoms. The first-order chi connectivity index (χ1) is 7.27. The largest absolute Gasteiger partial charge is 0.135 e. The molecule has 0 amide bonds. The highest BCUT2D eigenvalue weighted by Gasteiger charge is 2.09. The molecular weight excluding hydrogens is 336 g/mol. The third kappa shape index (κ3) is 1.45. The van der Waals surface area contributed by atoms with Gasteiger partial charge in [-0.1, -0.05) is 18.2 Å². The Bertz CT molecular complexity index is 655. The molecule has 3 aromatic rings. The molecular formula is C12H6Br2S. The maximum absolute atomic E-state index is 3.64. The van der Waals surface area contributed by atoms with Crippen LogP contribution in [0, 0.1) is 0 Å². The SMILES string of the molecule is Brc1ccc2sc3ccccc3c2c1Br. The fourth-order valence-corrected chi connectivity index (χ4v) is 3.88. The van der Waals surface area contributed by atoms with E-state index in [1.807, 2.05) is 11.3 Å². The summed E-state index contributed by atoms with van der Waals surface area (Å²) < 4.78 is 4.92. The summed E-state index contributed by atoms with van der Waals surface area (Å²) in [5, 5.41) is 2.63. The maximum Gasteiger partial charge on any atom is 0.0410 e. The van der Waals surface area contributed by atoms with Crippen LogP contribution >= 0.6 is 43.2 Å². The first-order valence-electron chi connectivity index (χ1n) is 4.52. The highest BCUT2D eigenvalue weighted by atomic mass is 79.9. The smallest absolute Gasteiger partial charge is 0.0410 e. The van der Waals surface area contributed by atoms with E-state index in [9.17, 15) is 0 Å². The molecule has 1 aromatic heterocycles. The summed E-state index contributed by atoms with van der Waals surface area (Å²) in [5.41, 5.74) is 0. The van der Waals surface area contributed by atoms with Gasteiger partial charge in [0.05, 0.1) is 0 Å². The number of thiophene rings is 1. The molecule has 0 saturated heterocycles. The van der Waals surface area contributed by atoms with Crippen LogP contribution < -0.4 is 0 Å². The lowest BCUT2D eigenvalue weighted by Crippen LogP contribution is -1.71. The minimum atomic E-state index is 1.11. The summed E-state index contributed by atoms with van der Waals surface area (Å²) in [6.45, 7) is 0. The van der Waals surface area contributed by atoms with Gasteiger partial charge in [0.25, 0.3) is 0 Å². The minimum absolute atomic E-state index is 1.11. The number of hydrogen-bond acceptors (Lipinski definition) is 1. The van der Waals surface area contributed by atoms with Crippen LogP contribution in [0.3, 0.4) is 0 Å². The van der Waals surface area contributed by atoms with Gasteiger partial charge in [0.15, 0.2) is 0 Å². The highest BCUT2D eigenvalue weighted by molar-refractivity contribution is 9.13. The molecule has 2 aromatic carbocycles. The number of halogens is 2. The lowest BCUT2D eigenvalue weighted by Gasteiger charge is -1.98. The van der Waals surface area contributed by atoms with E-state index in [1.165, 1.54) is 20.2 Å². The van der Waals surface area contributed by atoms with E-state index in [1.54, 1.807) is 0 Å². The standard InChI is InChI=1S/C12H6Br2S/c13-8-5-6-10-11(12(8)14)7-3-1-2-4-9(7)15-10/h1-6H. The predicted molar refractivity (Wildman–Crippen MR) is 74.7 cm³/mol. The molecule has 0 nitrogen and oxygen atoms in total. The molecule has 15 heavy (non-hydrogen) atoms. The Hall–Kier alpha value is -0.380. The van der Waals surface area contributed by atoms with E-state index in [2.05, 4.69) is 68.3 Å². The zero-order valence-corrected chi connectivity index (χ0v) is 11.6. The summed E-state index contributed by atoms with van der Waals surface area (Å²) >= 11 is 9.02. The van der Waals surface area contributed by atoms with Gasteiger partial charge in [0, 0.05) is 29.1 Å². The molecule has 0 fully saturated rings. The van der Waals surface area contributed by atoms with Crippen LogP contribution in [0.2, 0.25) is 0 Å². The van der Waals surface area contributed by atoms with Crippen molar-refractivity contribution in [3.8, 4) is 0 Å². The van der Waals surface area contributed by atoms with Crippen molar-refractivity contribution < 1.29 is 0 Å². The van der Waals surface area contributed by atoms with E-state index in [0.717, 1.165) is 8.95 Å². The Morgan fingerprint density at radius 1 is 0.867 bits per heavy atom. The highest BCUT2D eigenvalue weighted by Crippen LogP contribution is 2.40. The molecule has 1 heterocycles. The monoisotopic (exact) mass is 340 g/mol. The zero-order chi connectivity index (χ0) is 10.4. The Morgan fingerprint density at radius 3 is 2.53 bits per heavy atom. The molecule has 0 unspecified atom stereocenters. The summed E-state index contributed by atoms with van der Waals surface area (Å²) in [4.78, 5) is 0. The summed E-state index contributed by atoms with van der Waals surface area (Å²) in [6.07, 6.45) is 0. The summed E-state index contributed by atoms with van der Waals surface area (Å²) in [7, 11) is 0. The van der Waals surface area contributed by atoms with Crippen LogP contribution in [-0.2, 0) is 0 Å². The molecule has 0 aliphatic heterocycles. The fourth-order valence-electron chi connectivity index (χ4n) is 1.75. The van der Waals surface area contributed by atoms with Crippen molar-refractivity contribution in [2.75, 3.05) is 0 Å². The molecule has 0 spiro atoms. The van der Waals surface area contributed by atoms with Gasteiger partial charge in [0.1, 0.15) is 0 Å². The van der Waals surface area contributed by atoms with Gasteiger partial charge in [0.2, 0.25) is 0 Å². The normalized spacial score (nSPS) is 11.3. The van der Waals surface area contributed by atoms with Gasteiger partial charge in [-0.05, 0) is 50.1 Å². The zero-order valence-electron chi connectivity index (χ0n) is 7.63. The van der Waals surface area contributed by atoms with Gasteiger partial charge < -0.3 is 0 Å². The summed E-state index contributed by atoms with van der Waals surface area (Å²) in [5.74, 6) is 0. The van der Waals surface area contributed by atoms with Gasteiger partial charge in [-0.15, -0.1) is 11.3 Å². The first kappa shape index (κ1) is 9.82. The second-order valence-corrected chi connectivity index (χ2v) is 6.06. The molecule has 0 aliphatic carbocycles. The van der Waals surface area contributed by atoms with Crippen molar-refractivity contribution >= 4 is 63.4 Å². The molecule has 3 heteroatoms. The average Bonchev–Trinajstić information content (AvgIpc) is 2.62. The van der Waals surface area contributed by atoms with Crippen LogP contribution in [0.15, 0.2) is 45.3 Å². The third-order valence-corrected chi connectivity index (χ3v) is 5.59. The average molecular weight is 342 g/mol. The van der Waals surface area contributed by atoms with Crippen molar-refractivity contribution in [3.63, 3.8) is 0 Å². The molecule has 0 saturated carbocycles. The van der Waals surface area contributed by atoms with Crippen molar-refractivity contribution in [1.82, 2.24) is 0 Å². The lowest BCUT2D eigenvalue weighted by molar-refractivity contribution is 1.71. The predicted octanol–water partition coefficient (Wildman–Crippen LogP) is 5.58. The Labute approximate surface area is 108 Å². The second kappa shape index (κ2) is 3.58. The van der Waals surface area contributed by atoms with Crippen molar-refractivity contribution in [2.24, 2.45) is 0 Å². The number of benzene rings is 2. The molecule has 0 aliphatic rings. The van der Waals surface area contributed by atoms with E-state index >= 15 is 0 Å². The van der Waals surface area contributed by atoms with Crippen LogP contribution in [0.1, 0.15) is 0 Å². The number of rotatable bonds is 0. The molecule has 0 atom stereocenters. The third-order valence-electron chi connectivity index (χ3n) is 2.43. The molecule has 0 radical (unpaired) electrons. The second-order valence-electron chi connectivity index (χ2n) is 3.33. The summed E-state index contributed by atoms with van der Waals surface area (Å²) in [6, 6.07) is 12.8. The lowest BCUT2D eigenvalue weighted by atomic mass is 10.2. The minimum Gasteiger partial charge on any atom is -0.135 e. The van der Waals surface area contributed by atoms with E-state index in [4.69, 9.17) is 0 Å². The quantitative estimate of drug-likeness (QED) is 0.500. The van der Waals surface area contributed by atoms with Gasteiger partial charge >= 0.3 is 0 Å². The van der Waals surface area contributed by atoms with Crippen molar-refractivity contribution in [2.45, 2.75) is 0 Å². The first-order valence-corrected chi connectivity index (χ1v) is 6.93. The van der Waals surface area contributed by atoms with E-state index in [0.29, 0.717) is 0 Å². The Morgan fingerprint density at radius 2 is 1.67 bits per heavy atom. The van der Waals surface area contributed by atoms with Gasteiger partial charge in [-0.25, -0.2) is 0 Å². The van der Waals surface area contributed by atoms with Crippen molar-refractivity contribution in [3.05, 3.63) is 45.3 Å². The van der Waals surface area contributed by atoms with E-state index in [-0.39, 0.29) is 0 Å². The molecule has 0 N–H and O–H groups in total. The fraction of sp³-hybridized carbons (Fsp3) is 0. The van der Waals surface area contributed by atoms with Gasteiger partial charge in [-0.3, -0.25) is 0 Å².